The minimum Gasteiger partial charge on any atom is -0.330 e. The molecule has 1 aromatic heterocycles. The van der Waals surface area contributed by atoms with Crippen molar-refractivity contribution in [2.45, 2.75) is 12.3 Å². The lowest BCUT2D eigenvalue weighted by Gasteiger charge is -1.97. The lowest BCUT2D eigenvalue weighted by molar-refractivity contribution is 0.796. The lowest BCUT2D eigenvalue weighted by Crippen LogP contribution is -2.02. The molecule has 0 bridgehead atoms. The Kier molecular flexibility index (Phi) is 2.15. The van der Waals surface area contributed by atoms with Gasteiger partial charge in [-0.15, -0.1) is 0 Å². The molecule has 0 aromatic carbocycles. The molecule has 1 aliphatic carbocycles. The number of hydrogen-bond donors (Lipinski definition) is 1. The van der Waals surface area contributed by atoms with Crippen LogP contribution in [-0.4, -0.2) is 11.5 Å². The maximum absolute atomic E-state index is 5.56. The van der Waals surface area contributed by atoms with Gasteiger partial charge in [-0.2, -0.15) is 0 Å². The minimum atomic E-state index is 0.618. The number of nitrogens with zero attached hydrogens (tertiary/aromatic N) is 1. The second-order valence-electron chi connectivity index (χ2n) is 3.22. The molecule has 1 aromatic rings. The van der Waals surface area contributed by atoms with E-state index in [0.717, 1.165) is 11.1 Å². The normalized spacial score (nSPS) is 27.2. The van der Waals surface area contributed by atoms with E-state index in [1.54, 1.807) is 0 Å². The van der Waals surface area contributed by atoms with Gasteiger partial charge in [0.2, 0.25) is 0 Å². The zero-order valence-corrected chi connectivity index (χ0v) is 8.29. The summed E-state index contributed by atoms with van der Waals surface area (Å²) in [6, 6.07) is 6.05. The molecule has 2 N–H and O–H groups in total. The Morgan fingerprint density at radius 2 is 2.42 bits per heavy atom. The average molecular weight is 227 g/mol. The van der Waals surface area contributed by atoms with Gasteiger partial charge in [-0.1, -0.05) is 6.07 Å². The van der Waals surface area contributed by atoms with Gasteiger partial charge >= 0.3 is 0 Å². The van der Waals surface area contributed by atoms with Crippen LogP contribution in [0.2, 0.25) is 0 Å². The summed E-state index contributed by atoms with van der Waals surface area (Å²) in [7, 11) is 0. The number of halogens is 1. The Hall–Kier alpha value is -0.410. The van der Waals surface area contributed by atoms with Crippen molar-refractivity contribution >= 4 is 15.9 Å². The highest BCUT2D eigenvalue weighted by atomic mass is 79.9. The van der Waals surface area contributed by atoms with Crippen molar-refractivity contribution < 1.29 is 0 Å². The van der Waals surface area contributed by atoms with Gasteiger partial charge in [0.05, 0.1) is 0 Å². The topological polar surface area (TPSA) is 38.9 Å². The lowest BCUT2D eigenvalue weighted by atomic mass is 10.2. The maximum Gasteiger partial charge on any atom is 0.106 e. The van der Waals surface area contributed by atoms with Gasteiger partial charge in [0, 0.05) is 11.6 Å². The molecule has 1 saturated carbocycles. The molecular weight excluding hydrogens is 216 g/mol. The third-order valence-corrected chi connectivity index (χ3v) is 2.78. The molecule has 0 radical (unpaired) electrons. The van der Waals surface area contributed by atoms with Gasteiger partial charge in [-0.05, 0) is 46.9 Å². The molecule has 0 spiro atoms. The molecule has 1 heterocycles. The highest BCUT2D eigenvalue weighted by Crippen LogP contribution is 2.45. The van der Waals surface area contributed by atoms with Gasteiger partial charge in [-0.25, -0.2) is 4.98 Å². The number of nitrogens with two attached hydrogens (primary N) is 1. The van der Waals surface area contributed by atoms with E-state index in [4.69, 9.17) is 5.73 Å². The van der Waals surface area contributed by atoms with Crippen molar-refractivity contribution in [2.24, 2.45) is 11.7 Å². The van der Waals surface area contributed by atoms with Crippen molar-refractivity contribution in [1.29, 1.82) is 0 Å². The summed E-state index contributed by atoms with van der Waals surface area (Å²) >= 11 is 3.36. The quantitative estimate of drug-likeness (QED) is 0.783. The van der Waals surface area contributed by atoms with Crippen LogP contribution in [0.5, 0.6) is 0 Å². The average Bonchev–Trinajstić information content (AvgIpc) is 2.83. The van der Waals surface area contributed by atoms with Crippen molar-refractivity contribution in [3.05, 3.63) is 28.5 Å². The van der Waals surface area contributed by atoms with Crippen LogP contribution in [0.25, 0.3) is 0 Å². The Morgan fingerprint density at radius 3 is 3.00 bits per heavy atom. The molecule has 2 nitrogen and oxygen atoms in total. The standard InChI is InChI=1S/C9H11BrN2/c10-9-3-1-2-8(12-9)7-4-6(7)5-11/h1-3,6-7H,4-5,11H2. The molecule has 64 valence electrons. The van der Waals surface area contributed by atoms with E-state index in [1.165, 1.54) is 12.1 Å². The SMILES string of the molecule is NCC1CC1c1cccc(Br)n1. The summed E-state index contributed by atoms with van der Waals surface area (Å²) < 4.78 is 0.919. The van der Waals surface area contributed by atoms with E-state index in [1.807, 2.05) is 12.1 Å². The summed E-state index contributed by atoms with van der Waals surface area (Å²) in [6.07, 6.45) is 1.21. The fraction of sp³-hybridized carbons (Fsp3) is 0.444. The van der Waals surface area contributed by atoms with Crippen LogP contribution in [0.15, 0.2) is 22.8 Å². The zero-order chi connectivity index (χ0) is 8.55. The molecule has 1 aliphatic rings. The zero-order valence-electron chi connectivity index (χ0n) is 6.70. The number of aromatic nitrogens is 1. The van der Waals surface area contributed by atoms with Crippen LogP contribution < -0.4 is 5.73 Å². The third kappa shape index (κ3) is 1.52. The first kappa shape index (κ1) is 8.20. The molecule has 0 amide bonds. The molecule has 12 heavy (non-hydrogen) atoms. The van der Waals surface area contributed by atoms with Gasteiger partial charge in [0.25, 0.3) is 0 Å². The first-order valence-electron chi connectivity index (χ1n) is 4.14. The number of pyridine rings is 1. The summed E-state index contributed by atoms with van der Waals surface area (Å²) in [5.41, 5.74) is 6.74. The van der Waals surface area contributed by atoms with Crippen LogP contribution in [-0.2, 0) is 0 Å². The van der Waals surface area contributed by atoms with Crippen LogP contribution in [0, 0.1) is 5.92 Å². The summed E-state index contributed by atoms with van der Waals surface area (Å²) in [5.74, 6) is 1.29. The van der Waals surface area contributed by atoms with Crippen LogP contribution in [0.1, 0.15) is 18.0 Å². The smallest absolute Gasteiger partial charge is 0.106 e. The number of hydrogen-bond acceptors (Lipinski definition) is 2. The van der Waals surface area contributed by atoms with E-state index in [9.17, 15) is 0 Å². The first-order chi connectivity index (χ1) is 5.81. The second-order valence-corrected chi connectivity index (χ2v) is 4.04. The van der Waals surface area contributed by atoms with Crippen LogP contribution in [0.4, 0.5) is 0 Å². The summed E-state index contributed by atoms with van der Waals surface area (Å²) in [6.45, 7) is 0.791. The minimum absolute atomic E-state index is 0.618. The van der Waals surface area contributed by atoms with Gasteiger partial charge in [0.1, 0.15) is 4.60 Å². The van der Waals surface area contributed by atoms with E-state index in [2.05, 4.69) is 27.0 Å². The highest BCUT2D eigenvalue weighted by Gasteiger charge is 2.37. The Balaban J connectivity index is 2.14. The van der Waals surface area contributed by atoms with E-state index in [0.29, 0.717) is 11.8 Å². The molecule has 2 atom stereocenters. The fourth-order valence-corrected chi connectivity index (χ4v) is 1.86. The van der Waals surface area contributed by atoms with Crippen LogP contribution >= 0.6 is 15.9 Å². The van der Waals surface area contributed by atoms with Gasteiger partial charge in [0.15, 0.2) is 0 Å². The molecular formula is C9H11BrN2. The van der Waals surface area contributed by atoms with Crippen LogP contribution in [0.3, 0.4) is 0 Å². The fourth-order valence-electron chi connectivity index (χ4n) is 1.50. The van der Waals surface area contributed by atoms with Crippen molar-refractivity contribution in [3.63, 3.8) is 0 Å². The molecule has 0 aliphatic heterocycles. The Labute approximate surface area is 80.3 Å². The molecule has 3 heteroatoms. The predicted octanol–water partition coefficient (Wildman–Crippen LogP) is 1.91. The second kappa shape index (κ2) is 3.15. The molecule has 2 unspecified atom stereocenters. The summed E-state index contributed by atoms with van der Waals surface area (Å²) in [5, 5.41) is 0. The van der Waals surface area contributed by atoms with E-state index in [-0.39, 0.29) is 0 Å². The monoisotopic (exact) mass is 226 g/mol. The largest absolute Gasteiger partial charge is 0.330 e. The third-order valence-electron chi connectivity index (χ3n) is 2.34. The predicted molar refractivity (Wildman–Crippen MR) is 51.8 cm³/mol. The molecule has 1 fully saturated rings. The molecule has 2 rings (SSSR count). The van der Waals surface area contributed by atoms with E-state index < -0.39 is 0 Å². The maximum atomic E-state index is 5.56. The van der Waals surface area contributed by atoms with Crippen molar-refractivity contribution in [2.75, 3.05) is 6.54 Å². The highest BCUT2D eigenvalue weighted by molar-refractivity contribution is 9.10. The number of rotatable bonds is 2. The Morgan fingerprint density at radius 1 is 1.58 bits per heavy atom. The van der Waals surface area contributed by atoms with Gasteiger partial charge < -0.3 is 5.73 Å². The first-order valence-corrected chi connectivity index (χ1v) is 4.93. The van der Waals surface area contributed by atoms with Gasteiger partial charge in [-0.3, -0.25) is 0 Å². The van der Waals surface area contributed by atoms with Crippen molar-refractivity contribution in [1.82, 2.24) is 4.98 Å². The van der Waals surface area contributed by atoms with Crippen molar-refractivity contribution in [3.8, 4) is 0 Å². The van der Waals surface area contributed by atoms with E-state index >= 15 is 0 Å². The molecule has 0 saturated heterocycles. The Bertz CT molecular complexity index is 288. The summed E-state index contributed by atoms with van der Waals surface area (Å²) in [4.78, 5) is 4.39.